The van der Waals surface area contributed by atoms with Crippen LogP contribution >= 0.6 is 11.3 Å². The highest BCUT2D eigenvalue weighted by Gasteiger charge is 2.28. The van der Waals surface area contributed by atoms with Gasteiger partial charge in [-0.2, -0.15) is 0 Å². The minimum atomic E-state index is -0.737. The molecule has 1 N–H and O–H groups in total. The van der Waals surface area contributed by atoms with E-state index in [0.717, 1.165) is 16.3 Å². The van der Waals surface area contributed by atoms with E-state index in [9.17, 15) is 14.9 Å². The summed E-state index contributed by atoms with van der Waals surface area (Å²) in [5.74, 6) is -1.02. The van der Waals surface area contributed by atoms with Crippen LogP contribution in [0.15, 0.2) is 36.4 Å². The fraction of sp³-hybridized carbons (Fsp3) is 0.312. The van der Waals surface area contributed by atoms with Gasteiger partial charge in [-0.25, -0.2) is 0 Å². The monoisotopic (exact) mass is 332 g/mol. The van der Waals surface area contributed by atoms with Gasteiger partial charge >= 0.3 is 5.97 Å². The summed E-state index contributed by atoms with van der Waals surface area (Å²) in [4.78, 5) is 25.8. The van der Waals surface area contributed by atoms with Crippen molar-refractivity contribution in [3.8, 4) is 10.4 Å². The summed E-state index contributed by atoms with van der Waals surface area (Å²) in [7, 11) is 0. The lowest BCUT2D eigenvalue weighted by Crippen LogP contribution is -2.22. The Morgan fingerprint density at radius 3 is 2.83 bits per heavy atom. The Hall–Kier alpha value is -2.25. The molecule has 0 saturated carbocycles. The molecule has 0 bridgehead atoms. The fourth-order valence-electron chi connectivity index (χ4n) is 2.85. The lowest BCUT2D eigenvalue weighted by molar-refractivity contribution is -0.384. The first-order valence-corrected chi connectivity index (χ1v) is 8.14. The third kappa shape index (κ3) is 3.40. The summed E-state index contributed by atoms with van der Waals surface area (Å²) < 4.78 is 0. The van der Waals surface area contributed by atoms with Crippen LogP contribution in [-0.4, -0.2) is 34.0 Å². The summed E-state index contributed by atoms with van der Waals surface area (Å²) in [6, 6.07) is 10.6. The molecule has 7 heteroatoms. The molecule has 1 aliphatic rings. The van der Waals surface area contributed by atoms with Crippen LogP contribution in [0.3, 0.4) is 0 Å². The maximum atomic E-state index is 11.1. The Morgan fingerprint density at radius 1 is 1.35 bits per heavy atom. The third-order valence-electron chi connectivity index (χ3n) is 4.03. The number of nitrogens with zero attached hydrogens (tertiary/aromatic N) is 2. The Bertz CT molecular complexity index is 743. The van der Waals surface area contributed by atoms with Gasteiger partial charge in [0.15, 0.2) is 0 Å². The van der Waals surface area contributed by atoms with E-state index >= 15 is 0 Å². The molecule has 0 spiro atoms. The average molecular weight is 332 g/mol. The van der Waals surface area contributed by atoms with Gasteiger partial charge in [0.05, 0.1) is 16.4 Å². The van der Waals surface area contributed by atoms with Crippen molar-refractivity contribution in [1.82, 2.24) is 4.90 Å². The molecule has 0 aliphatic carbocycles. The number of likely N-dealkylation sites (tertiary alicyclic amines) is 1. The zero-order valence-corrected chi connectivity index (χ0v) is 13.2. The lowest BCUT2D eigenvalue weighted by Gasteiger charge is -2.13. The van der Waals surface area contributed by atoms with Crippen LogP contribution in [0, 0.1) is 16.0 Å². The van der Waals surface area contributed by atoms with Gasteiger partial charge in [0.1, 0.15) is 0 Å². The summed E-state index contributed by atoms with van der Waals surface area (Å²) >= 11 is 1.52. The number of hydrogen-bond donors (Lipinski definition) is 1. The maximum Gasteiger partial charge on any atom is 0.307 e. The molecule has 1 saturated heterocycles. The Morgan fingerprint density at radius 2 is 2.13 bits per heavy atom. The van der Waals surface area contributed by atoms with Gasteiger partial charge in [0.25, 0.3) is 5.69 Å². The van der Waals surface area contributed by atoms with Crippen LogP contribution in [0.2, 0.25) is 0 Å². The third-order valence-corrected chi connectivity index (χ3v) is 5.13. The molecule has 0 radical (unpaired) electrons. The molecule has 0 amide bonds. The standard InChI is InChI=1S/C16H16N2O4S/c19-16(20)11-7-8-17(9-11)10-12-5-6-15(23-12)13-3-1-2-4-14(13)18(21)22/h1-6,11H,7-10H2,(H,19,20). The van der Waals surface area contributed by atoms with E-state index in [1.165, 1.54) is 17.4 Å². The van der Waals surface area contributed by atoms with Crippen molar-refractivity contribution >= 4 is 23.0 Å². The largest absolute Gasteiger partial charge is 0.481 e. The highest BCUT2D eigenvalue weighted by Crippen LogP contribution is 2.35. The average Bonchev–Trinajstić information content (AvgIpc) is 3.17. The van der Waals surface area contributed by atoms with Gasteiger partial charge in [-0.1, -0.05) is 12.1 Å². The summed E-state index contributed by atoms with van der Waals surface area (Å²) in [6.45, 7) is 2.03. The van der Waals surface area contributed by atoms with E-state index < -0.39 is 5.97 Å². The van der Waals surface area contributed by atoms with E-state index in [1.54, 1.807) is 18.2 Å². The van der Waals surface area contributed by atoms with Crippen LogP contribution in [0.1, 0.15) is 11.3 Å². The minimum Gasteiger partial charge on any atom is -0.481 e. The lowest BCUT2D eigenvalue weighted by atomic mass is 10.1. The highest BCUT2D eigenvalue weighted by molar-refractivity contribution is 7.15. The smallest absolute Gasteiger partial charge is 0.307 e. The summed E-state index contributed by atoms with van der Waals surface area (Å²) in [5, 5.41) is 20.2. The molecule has 6 nitrogen and oxygen atoms in total. The number of aliphatic carboxylic acids is 1. The van der Waals surface area contributed by atoms with Crippen molar-refractivity contribution in [2.24, 2.45) is 5.92 Å². The number of carbonyl (C=O) groups is 1. The van der Waals surface area contributed by atoms with Crippen molar-refractivity contribution in [3.63, 3.8) is 0 Å². The molecule has 23 heavy (non-hydrogen) atoms. The molecule has 120 valence electrons. The zero-order valence-electron chi connectivity index (χ0n) is 12.3. The summed E-state index contributed by atoms with van der Waals surface area (Å²) in [6.07, 6.45) is 0.678. The number of carboxylic acid groups (broad SMARTS) is 1. The topological polar surface area (TPSA) is 83.7 Å². The second kappa shape index (κ2) is 6.47. The molecule has 1 unspecified atom stereocenters. The first kappa shape index (κ1) is 15.6. The molecule has 1 aromatic carbocycles. The number of carboxylic acids is 1. The maximum absolute atomic E-state index is 11.1. The second-order valence-electron chi connectivity index (χ2n) is 5.60. The molecule has 1 atom stereocenters. The molecule has 3 rings (SSSR count). The van der Waals surface area contributed by atoms with Crippen LogP contribution in [-0.2, 0) is 11.3 Å². The van der Waals surface area contributed by atoms with Crippen LogP contribution in [0.5, 0.6) is 0 Å². The van der Waals surface area contributed by atoms with Gasteiger partial charge in [-0.3, -0.25) is 19.8 Å². The number of nitro benzene ring substituents is 1. The first-order valence-electron chi connectivity index (χ1n) is 7.32. The van der Waals surface area contributed by atoms with E-state index in [4.69, 9.17) is 5.11 Å². The number of nitro groups is 1. The number of thiophene rings is 1. The van der Waals surface area contributed by atoms with E-state index in [1.807, 2.05) is 12.1 Å². The van der Waals surface area contributed by atoms with E-state index in [0.29, 0.717) is 25.1 Å². The zero-order chi connectivity index (χ0) is 16.4. The number of rotatable bonds is 5. The molecular formula is C16H16N2O4S. The molecule has 1 fully saturated rings. The quantitative estimate of drug-likeness (QED) is 0.671. The van der Waals surface area contributed by atoms with E-state index in [-0.39, 0.29) is 16.5 Å². The van der Waals surface area contributed by atoms with Gasteiger partial charge < -0.3 is 5.11 Å². The van der Waals surface area contributed by atoms with Gasteiger partial charge in [-0.05, 0) is 31.2 Å². The van der Waals surface area contributed by atoms with Crippen molar-refractivity contribution < 1.29 is 14.8 Å². The minimum absolute atomic E-state index is 0.105. The van der Waals surface area contributed by atoms with Crippen LogP contribution in [0.25, 0.3) is 10.4 Å². The van der Waals surface area contributed by atoms with Crippen molar-refractivity contribution in [2.45, 2.75) is 13.0 Å². The number of para-hydroxylation sites is 1. The Kier molecular flexibility index (Phi) is 4.40. The predicted octanol–water partition coefficient (Wildman–Crippen LogP) is 3.23. The second-order valence-corrected chi connectivity index (χ2v) is 6.77. The van der Waals surface area contributed by atoms with Gasteiger partial charge in [-0.15, -0.1) is 11.3 Å². The molecule has 2 aromatic rings. The van der Waals surface area contributed by atoms with Crippen molar-refractivity contribution in [3.05, 3.63) is 51.4 Å². The normalized spacial score (nSPS) is 18.2. The van der Waals surface area contributed by atoms with E-state index in [2.05, 4.69) is 4.90 Å². The SMILES string of the molecule is O=C(O)C1CCN(Cc2ccc(-c3ccccc3[N+](=O)[O-])s2)C1. The van der Waals surface area contributed by atoms with Gasteiger partial charge in [0, 0.05) is 28.9 Å². The summed E-state index contributed by atoms with van der Waals surface area (Å²) in [5.41, 5.74) is 0.728. The number of benzene rings is 1. The fourth-order valence-corrected chi connectivity index (χ4v) is 3.93. The Balaban J connectivity index is 1.74. The molecule has 2 heterocycles. The predicted molar refractivity (Wildman–Crippen MR) is 87.4 cm³/mol. The van der Waals surface area contributed by atoms with Crippen LogP contribution < -0.4 is 0 Å². The van der Waals surface area contributed by atoms with Crippen molar-refractivity contribution in [1.29, 1.82) is 0 Å². The van der Waals surface area contributed by atoms with Gasteiger partial charge in [0.2, 0.25) is 0 Å². The molecule has 1 aliphatic heterocycles. The number of hydrogen-bond acceptors (Lipinski definition) is 5. The Labute approximate surface area is 137 Å². The first-order chi connectivity index (χ1) is 11.0. The highest BCUT2D eigenvalue weighted by atomic mass is 32.1. The molecule has 1 aromatic heterocycles. The van der Waals surface area contributed by atoms with Crippen molar-refractivity contribution in [2.75, 3.05) is 13.1 Å². The molecular weight excluding hydrogens is 316 g/mol. The van der Waals surface area contributed by atoms with Crippen LogP contribution in [0.4, 0.5) is 5.69 Å².